The molecule has 4 atom stereocenters. The van der Waals surface area contributed by atoms with Gasteiger partial charge in [0.05, 0.1) is 18.7 Å². The first kappa shape index (κ1) is 40.3. The van der Waals surface area contributed by atoms with Crippen molar-refractivity contribution in [3.63, 3.8) is 0 Å². The number of nitrogens with one attached hydrogen (secondary N) is 2. The molecule has 4 aromatic rings. The minimum Gasteiger partial charge on any atom is -0.373 e. The number of hydrogen-bond acceptors (Lipinski definition) is 10. The first-order chi connectivity index (χ1) is 26.7. The summed E-state index contributed by atoms with van der Waals surface area (Å²) in [6.45, 7) is 10.8. The Balaban J connectivity index is 1.31. The number of amides is 4. The first-order valence-corrected chi connectivity index (χ1v) is 19.3. The largest absolute Gasteiger partial charge is 0.373 e. The maximum Gasteiger partial charge on any atom is 0.248 e. The van der Waals surface area contributed by atoms with Crippen molar-refractivity contribution in [2.75, 3.05) is 25.5 Å². The van der Waals surface area contributed by atoms with Crippen molar-refractivity contribution >= 4 is 62.1 Å². The van der Waals surface area contributed by atoms with Crippen LogP contribution in [-0.4, -0.2) is 102 Å². The van der Waals surface area contributed by atoms with Crippen LogP contribution >= 0.6 is 15.9 Å². The molecule has 4 heterocycles. The zero-order chi connectivity index (χ0) is 40.3. The number of ether oxygens (including phenoxy) is 1. The lowest BCUT2D eigenvalue weighted by molar-refractivity contribution is -0.138. The number of carbonyl (C=O) groups is 5. The van der Waals surface area contributed by atoms with Gasteiger partial charge in [0.15, 0.2) is 5.78 Å². The predicted molar refractivity (Wildman–Crippen MR) is 212 cm³/mol. The van der Waals surface area contributed by atoms with E-state index < -0.39 is 23.4 Å². The Kier molecular flexibility index (Phi) is 12.1. The molecule has 1 aromatic carbocycles. The predicted octanol–water partition coefficient (Wildman–Crippen LogP) is 4.63. The number of halogens is 1. The van der Waals surface area contributed by atoms with E-state index in [0.717, 1.165) is 11.1 Å². The van der Waals surface area contributed by atoms with Crippen LogP contribution in [0, 0.1) is 12.3 Å². The number of pyridine rings is 1. The number of anilines is 1. The third-order valence-corrected chi connectivity index (χ3v) is 10.8. The normalized spacial score (nSPS) is 18.9. The van der Waals surface area contributed by atoms with Crippen LogP contribution in [0.3, 0.4) is 0 Å². The average Bonchev–Trinajstić information content (AvgIpc) is 3.56. The summed E-state index contributed by atoms with van der Waals surface area (Å²) in [6, 6.07) is 7.12. The van der Waals surface area contributed by atoms with Crippen LogP contribution < -0.4 is 10.6 Å². The Morgan fingerprint density at radius 3 is 2.54 bits per heavy atom. The van der Waals surface area contributed by atoms with Crippen LogP contribution in [0.2, 0.25) is 0 Å². The molecule has 2 fully saturated rings. The van der Waals surface area contributed by atoms with E-state index in [1.165, 1.54) is 18.5 Å². The summed E-state index contributed by atoms with van der Waals surface area (Å²) in [4.78, 5) is 83.5. The first-order valence-electron chi connectivity index (χ1n) is 18.5. The lowest BCUT2D eigenvalue weighted by Crippen LogP contribution is -2.48. The second kappa shape index (κ2) is 16.8. The van der Waals surface area contributed by atoms with Crippen LogP contribution in [0.25, 0.3) is 22.0 Å². The van der Waals surface area contributed by atoms with Gasteiger partial charge in [0.1, 0.15) is 40.6 Å². The Morgan fingerprint density at radius 1 is 1.11 bits per heavy atom. The summed E-state index contributed by atoms with van der Waals surface area (Å²) < 4.78 is 7.66. The van der Waals surface area contributed by atoms with Crippen molar-refractivity contribution < 1.29 is 28.7 Å². The van der Waals surface area contributed by atoms with Gasteiger partial charge in [-0.2, -0.15) is 5.10 Å². The zero-order valence-corrected chi connectivity index (χ0v) is 33.8. The highest BCUT2D eigenvalue weighted by Crippen LogP contribution is 2.60. The number of aromatic nitrogens is 5. The number of benzene rings is 1. The number of likely N-dealkylation sites (tertiary alicyclic amines) is 1. The van der Waals surface area contributed by atoms with Gasteiger partial charge < -0.3 is 25.2 Å². The van der Waals surface area contributed by atoms with Crippen molar-refractivity contribution in [1.29, 1.82) is 0 Å². The van der Waals surface area contributed by atoms with E-state index in [1.807, 2.05) is 25.1 Å². The highest BCUT2D eigenvalue weighted by atomic mass is 79.9. The molecule has 15 nitrogen and oxygen atoms in total. The number of ketones is 1. The third-order valence-electron chi connectivity index (χ3n) is 10.4. The smallest absolute Gasteiger partial charge is 0.248 e. The van der Waals surface area contributed by atoms with Gasteiger partial charge in [-0.15, -0.1) is 6.58 Å². The van der Waals surface area contributed by atoms with Gasteiger partial charge in [0.2, 0.25) is 23.6 Å². The number of likely N-dealkylation sites (N-methyl/N-ethyl adjacent to an activating group) is 1. The quantitative estimate of drug-likeness (QED) is 0.0700. The Labute approximate surface area is 333 Å². The molecule has 294 valence electrons. The van der Waals surface area contributed by atoms with Gasteiger partial charge in [-0.3, -0.25) is 28.7 Å². The molecule has 1 saturated heterocycles. The summed E-state index contributed by atoms with van der Waals surface area (Å²) in [5.41, 5.74) is 2.43. The van der Waals surface area contributed by atoms with E-state index in [4.69, 9.17) is 4.74 Å². The summed E-state index contributed by atoms with van der Waals surface area (Å²) >= 11 is 3.39. The van der Waals surface area contributed by atoms with E-state index >= 15 is 0 Å². The molecule has 2 N–H and O–H groups in total. The maximum atomic E-state index is 14.5. The van der Waals surface area contributed by atoms with Crippen LogP contribution in [0.5, 0.6) is 0 Å². The fraction of sp³-hybridized carbons (Fsp3) is 0.425. The average molecular weight is 829 g/mol. The number of aryl methyl sites for hydroxylation is 1. The van der Waals surface area contributed by atoms with Crippen LogP contribution in [0.1, 0.15) is 68.3 Å². The standard InChI is InChI=1S/C40H46BrN9O6/c1-7-9-30(44-25(5)52)39(55)48(6)22-40-16-32(38(54)46-37-27(21-56-14-8-2)11-13-34(41)45-37)50(33(40)17-40)35(53)20-49-31-12-10-26(28-18-42-24(4)43-19-28)15-29(31)36(47-49)23(3)51/h8,10-13,15,18-19,30,32-33H,2,7,9,14,16-17,20-22H2,1,3-6H3,(H,44,52)(H,45,46,54)/t30-,32+,33-,40+/m1/s1. The molecule has 1 aliphatic heterocycles. The molecule has 6 rings (SSSR count). The monoisotopic (exact) mass is 827 g/mol. The molecular formula is C40H46BrN9O6. The topological polar surface area (TPSA) is 182 Å². The second-order valence-corrected chi connectivity index (χ2v) is 15.4. The zero-order valence-electron chi connectivity index (χ0n) is 32.2. The Hall–Kier alpha value is -5.35. The van der Waals surface area contributed by atoms with Gasteiger partial charge in [-0.1, -0.05) is 31.6 Å². The van der Waals surface area contributed by atoms with E-state index in [2.05, 4.69) is 53.2 Å². The number of fused-ring (bicyclic) bond motifs is 2. The number of nitrogens with zero attached hydrogens (tertiary/aromatic N) is 7. The van der Waals surface area contributed by atoms with E-state index in [9.17, 15) is 24.0 Å². The molecular weight excluding hydrogens is 782 g/mol. The number of rotatable bonds is 16. The molecule has 0 unspecified atom stereocenters. The van der Waals surface area contributed by atoms with Gasteiger partial charge >= 0.3 is 0 Å². The van der Waals surface area contributed by atoms with Gasteiger partial charge in [0, 0.05) is 67.8 Å². The SMILES string of the molecule is C=CCOCc1ccc(Br)nc1NC(=O)[C@@H]1C[C@@]2(CN(C)C(=O)[C@@H](CCC)NC(C)=O)C[C@H]2N1C(=O)Cn1nc(C(C)=O)c2cc(-c3cnc(C)nc3)ccc21. The summed E-state index contributed by atoms with van der Waals surface area (Å²) in [5.74, 6) is -0.660. The number of hydrogen-bond donors (Lipinski definition) is 2. The minimum absolute atomic E-state index is 0.172. The van der Waals surface area contributed by atoms with Gasteiger partial charge in [-0.25, -0.2) is 15.0 Å². The fourth-order valence-corrected chi connectivity index (χ4v) is 7.99. The van der Waals surface area contributed by atoms with Crippen molar-refractivity contribution in [3.8, 4) is 11.1 Å². The Bertz CT molecular complexity index is 2190. The molecule has 4 amide bonds. The van der Waals surface area contributed by atoms with E-state index in [-0.39, 0.29) is 54.9 Å². The minimum atomic E-state index is -0.906. The molecule has 56 heavy (non-hydrogen) atoms. The molecule has 16 heteroatoms. The van der Waals surface area contributed by atoms with Crippen LogP contribution in [0.4, 0.5) is 5.82 Å². The molecule has 1 aliphatic carbocycles. The van der Waals surface area contributed by atoms with Crippen LogP contribution in [-0.2, 0) is 37.1 Å². The van der Waals surface area contributed by atoms with Gasteiger partial charge in [-0.05, 0) is 65.9 Å². The van der Waals surface area contributed by atoms with Gasteiger partial charge in [0.25, 0.3) is 0 Å². The second-order valence-electron chi connectivity index (χ2n) is 14.6. The third kappa shape index (κ3) is 8.55. The van der Waals surface area contributed by atoms with E-state index in [0.29, 0.717) is 65.0 Å². The summed E-state index contributed by atoms with van der Waals surface area (Å²) in [5, 5.41) is 10.9. The molecule has 1 saturated carbocycles. The van der Waals surface area contributed by atoms with Crippen molar-refractivity contribution in [3.05, 3.63) is 77.1 Å². The molecule has 0 bridgehead atoms. The highest BCUT2D eigenvalue weighted by molar-refractivity contribution is 9.10. The molecule has 0 radical (unpaired) electrons. The summed E-state index contributed by atoms with van der Waals surface area (Å²) in [6.07, 6.45) is 7.09. The number of Topliss-reactive ketones (excluding diaryl/α,β-unsaturated/α-hetero) is 1. The lowest BCUT2D eigenvalue weighted by atomic mass is 9.97. The maximum absolute atomic E-state index is 14.5. The van der Waals surface area contributed by atoms with Crippen LogP contribution in [0.15, 0.2) is 60.0 Å². The molecule has 0 spiro atoms. The lowest BCUT2D eigenvalue weighted by Gasteiger charge is -2.28. The van der Waals surface area contributed by atoms with Crippen molar-refractivity contribution in [2.24, 2.45) is 5.41 Å². The summed E-state index contributed by atoms with van der Waals surface area (Å²) in [7, 11) is 1.69. The number of carbonyl (C=O) groups excluding carboxylic acids is 5. The fourth-order valence-electron chi connectivity index (χ4n) is 7.68. The number of piperidine rings is 1. The molecule has 2 aliphatic rings. The molecule has 3 aromatic heterocycles. The van der Waals surface area contributed by atoms with Crippen molar-refractivity contribution in [1.82, 2.24) is 39.8 Å². The highest BCUT2D eigenvalue weighted by Gasteiger charge is 2.67. The van der Waals surface area contributed by atoms with Crippen molar-refractivity contribution in [2.45, 2.75) is 84.7 Å². The van der Waals surface area contributed by atoms with E-state index in [1.54, 1.807) is 54.4 Å². The Morgan fingerprint density at radius 2 is 1.86 bits per heavy atom.